The molecular formula is C34H37F3N6O4. The third-order valence-corrected chi connectivity index (χ3v) is 8.89. The van der Waals surface area contributed by atoms with Gasteiger partial charge in [-0.1, -0.05) is 36.4 Å². The van der Waals surface area contributed by atoms with Crippen LogP contribution in [0, 0.1) is 6.92 Å². The largest absolute Gasteiger partial charge is 0.490 e. The van der Waals surface area contributed by atoms with Crippen LogP contribution in [0.2, 0.25) is 0 Å². The standard InChI is InChI=1S/C32H36N6O2.C2HF3O2/c1-21-16-26(6-7-27(21)18-33)31-29-17-22(19-38(29)35-20-34-31)10-13-37-14-11-24(12-15-37)23-2-4-25(5-3-23)28-8-9-30(39)36-32(28)40;3-2(4,5)1(6)7/h2-7,16-17,19-20,24,28H,8-15,18,33H2,1H3,(H,36,39,40);(H,6,7). The second kappa shape index (κ2) is 14.4. The highest BCUT2D eigenvalue weighted by atomic mass is 19.4. The summed E-state index contributed by atoms with van der Waals surface area (Å²) < 4.78 is 33.7. The van der Waals surface area contributed by atoms with E-state index in [0.717, 1.165) is 66.8 Å². The summed E-state index contributed by atoms with van der Waals surface area (Å²) in [6.07, 6.45) is 2.90. The maximum Gasteiger partial charge on any atom is 0.490 e. The van der Waals surface area contributed by atoms with Gasteiger partial charge in [-0.15, -0.1) is 0 Å². The Balaban J connectivity index is 0.000000559. The van der Waals surface area contributed by atoms with E-state index in [1.54, 1.807) is 6.33 Å². The van der Waals surface area contributed by atoms with Crippen molar-refractivity contribution in [2.24, 2.45) is 5.73 Å². The second-order valence-electron chi connectivity index (χ2n) is 12.0. The molecule has 0 saturated carbocycles. The van der Waals surface area contributed by atoms with Gasteiger partial charge in [0.1, 0.15) is 6.33 Å². The van der Waals surface area contributed by atoms with Crippen molar-refractivity contribution in [2.75, 3.05) is 19.6 Å². The number of nitrogens with two attached hydrogens (primary N) is 1. The molecule has 4 N–H and O–H groups in total. The number of carboxylic acids is 1. The molecule has 0 radical (unpaired) electrons. The Kier molecular flexibility index (Phi) is 10.4. The molecule has 47 heavy (non-hydrogen) atoms. The number of nitrogens with one attached hydrogen (secondary N) is 1. The molecule has 2 aliphatic heterocycles. The van der Waals surface area contributed by atoms with Crippen molar-refractivity contribution in [3.63, 3.8) is 0 Å². The topological polar surface area (TPSA) is 143 Å². The molecule has 10 nitrogen and oxygen atoms in total. The van der Waals surface area contributed by atoms with Crippen molar-refractivity contribution in [3.8, 4) is 11.3 Å². The molecule has 248 valence electrons. The number of carbonyl (C=O) groups excluding carboxylic acids is 2. The van der Waals surface area contributed by atoms with Crippen LogP contribution in [0.15, 0.2) is 61.1 Å². The highest BCUT2D eigenvalue weighted by Gasteiger charge is 2.38. The number of halogens is 3. The first-order valence-corrected chi connectivity index (χ1v) is 15.5. The number of carboxylic acid groups (broad SMARTS) is 1. The summed E-state index contributed by atoms with van der Waals surface area (Å²) in [5.41, 5.74) is 14.8. The molecule has 1 unspecified atom stereocenters. The number of nitrogens with zero attached hydrogens (tertiary/aromatic N) is 4. The number of fused-ring (bicyclic) bond motifs is 1. The van der Waals surface area contributed by atoms with Crippen molar-refractivity contribution in [2.45, 2.75) is 63.6 Å². The minimum Gasteiger partial charge on any atom is -0.475 e. The second-order valence-corrected chi connectivity index (χ2v) is 12.0. The van der Waals surface area contributed by atoms with E-state index in [4.69, 9.17) is 15.6 Å². The molecule has 0 spiro atoms. The number of carbonyl (C=O) groups is 3. The predicted molar refractivity (Wildman–Crippen MR) is 168 cm³/mol. The zero-order valence-corrected chi connectivity index (χ0v) is 26.0. The molecule has 6 rings (SSSR count). The van der Waals surface area contributed by atoms with E-state index in [0.29, 0.717) is 25.3 Å². The summed E-state index contributed by atoms with van der Waals surface area (Å²) in [5.74, 6) is -2.78. The minimum absolute atomic E-state index is 0.169. The summed E-state index contributed by atoms with van der Waals surface area (Å²) in [6.45, 7) is 5.79. The van der Waals surface area contributed by atoms with E-state index in [1.165, 1.54) is 16.7 Å². The Morgan fingerprint density at radius 2 is 1.72 bits per heavy atom. The number of rotatable bonds is 7. The summed E-state index contributed by atoms with van der Waals surface area (Å²) >= 11 is 0. The monoisotopic (exact) mass is 650 g/mol. The number of hydrogen-bond acceptors (Lipinski definition) is 7. The van der Waals surface area contributed by atoms with Crippen LogP contribution in [-0.2, 0) is 27.3 Å². The normalized spacial score (nSPS) is 17.7. The van der Waals surface area contributed by atoms with Crippen molar-refractivity contribution >= 4 is 23.3 Å². The SMILES string of the molecule is Cc1cc(-c2ncnn3cc(CCN4CCC(c5ccc(C6CCC(=O)NC6=O)cc5)CC4)cc23)ccc1CN.O=C(O)C(F)(F)F. The van der Waals surface area contributed by atoms with E-state index in [-0.39, 0.29) is 17.7 Å². The summed E-state index contributed by atoms with van der Waals surface area (Å²) in [4.78, 5) is 39.7. The average Bonchev–Trinajstić information content (AvgIpc) is 3.47. The van der Waals surface area contributed by atoms with Crippen LogP contribution < -0.4 is 11.1 Å². The lowest BCUT2D eigenvalue weighted by Gasteiger charge is -2.32. The van der Waals surface area contributed by atoms with Gasteiger partial charge < -0.3 is 15.7 Å². The first-order chi connectivity index (χ1) is 22.4. The predicted octanol–water partition coefficient (Wildman–Crippen LogP) is 4.74. The molecular weight excluding hydrogens is 613 g/mol. The smallest absolute Gasteiger partial charge is 0.475 e. The molecule has 2 fully saturated rings. The quantitative estimate of drug-likeness (QED) is 0.244. The average molecular weight is 651 g/mol. The number of alkyl halides is 3. The number of aryl methyl sites for hydroxylation is 1. The van der Waals surface area contributed by atoms with Crippen LogP contribution in [0.25, 0.3) is 16.8 Å². The number of aromatic nitrogens is 3. The number of aliphatic carboxylic acids is 1. The molecule has 0 aliphatic carbocycles. The van der Waals surface area contributed by atoms with Crippen LogP contribution in [0.4, 0.5) is 13.2 Å². The molecule has 13 heteroatoms. The number of benzene rings is 2. The van der Waals surface area contributed by atoms with Gasteiger partial charge in [-0.25, -0.2) is 14.3 Å². The first kappa shape index (κ1) is 33.7. The van der Waals surface area contributed by atoms with E-state index in [9.17, 15) is 22.8 Å². The zero-order valence-electron chi connectivity index (χ0n) is 26.0. The Bertz CT molecular complexity index is 1750. The van der Waals surface area contributed by atoms with Crippen LogP contribution >= 0.6 is 0 Å². The highest BCUT2D eigenvalue weighted by molar-refractivity contribution is 6.00. The van der Waals surface area contributed by atoms with Gasteiger partial charge in [0.05, 0.1) is 17.1 Å². The van der Waals surface area contributed by atoms with Crippen LogP contribution in [0.1, 0.15) is 65.3 Å². The summed E-state index contributed by atoms with van der Waals surface area (Å²) in [7, 11) is 0. The number of imide groups is 1. The lowest BCUT2D eigenvalue weighted by molar-refractivity contribution is -0.192. The first-order valence-electron chi connectivity index (χ1n) is 15.5. The Morgan fingerprint density at radius 1 is 1.04 bits per heavy atom. The molecule has 0 bridgehead atoms. The maximum absolute atomic E-state index is 12.2. The lowest BCUT2D eigenvalue weighted by atomic mass is 9.86. The van der Waals surface area contributed by atoms with Gasteiger partial charge in [-0.2, -0.15) is 18.3 Å². The Morgan fingerprint density at radius 3 is 2.34 bits per heavy atom. The highest BCUT2D eigenvalue weighted by Crippen LogP contribution is 2.31. The molecule has 4 heterocycles. The Hall–Kier alpha value is -4.62. The van der Waals surface area contributed by atoms with Crippen molar-refractivity contribution in [1.82, 2.24) is 24.8 Å². The van der Waals surface area contributed by atoms with Crippen molar-refractivity contribution in [3.05, 3.63) is 88.9 Å². The van der Waals surface area contributed by atoms with Gasteiger partial charge in [0.2, 0.25) is 11.8 Å². The van der Waals surface area contributed by atoms with Gasteiger partial charge in [-0.05, 0) is 91.6 Å². The number of amides is 2. The van der Waals surface area contributed by atoms with E-state index in [1.807, 2.05) is 4.52 Å². The third kappa shape index (κ3) is 8.22. The van der Waals surface area contributed by atoms with E-state index >= 15 is 0 Å². The van der Waals surface area contributed by atoms with Crippen molar-refractivity contribution in [1.29, 1.82) is 0 Å². The number of piperidine rings is 2. The third-order valence-electron chi connectivity index (χ3n) is 8.89. The van der Waals surface area contributed by atoms with E-state index in [2.05, 4.69) is 82.0 Å². The molecule has 4 aromatic rings. The maximum atomic E-state index is 12.2. The summed E-state index contributed by atoms with van der Waals surface area (Å²) in [6, 6.07) is 17.1. The van der Waals surface area contributed by atoms with Crippen LogP contribution in [-0.4, -0.2) is 68.2 Å². The zero-order chi connectivity index (χ0) is 33.7. The van der Waals surface area contributed by atoms with Crippen LogP contribution in [0.5, 0.6) is 0 Å². The fourth-order valence-electron chi connectivity index (χ4n) is 6.20. The van der Waals surface area contributed by atoms with Gasteiger partial charge in [0.15, 0.2) is 0 Å². The Labute approximate surface area is 269 Å². The molecule has 1 atom stereocenters. The fraction of sp³-hybridized carbons (Fsp3) is 0.382. The van der Waals surface area contributed by atoms with Crippen molar-refractivity contribution < 1.29 is 32.7 Å². The summed E-state index contributed by atoms with van der Waals surface area (Å²) in [5, 5.41) is 14.0. The van der Waals surface area contributed by atoms with E-state index < -0.39 is 12.1 Å². The molecule has 2 saturated heterocycles. The van der Waals surface area contributed by atoms with Gasteiger partial charge in [0, 0.05) is 31.3 Å². The van der Waals surface area contributed by atoms with Gasteiger partial charge in [-0.3, -0.25) is 14.9 Å². The molecule has 2 aromatic heterocycles. The molecule has 2 aliphatic rings. The minimum atomic E-state index is -5.08. The lowest BCUT2D eigenvalue weighted by Crippen LogP contribution is -2.39. The van der Waals surface area contributed by atoms with Gasteiger partial charge in [0.25, 0.3) is 0 Å². The number of hydrogen-bond donors (Lipinski definition) is 3. The molecule has 2 amide bonds. The fourth-order valence-corrected chi connectivity index (χ4v) is 6.20. The number of likely N-dealkylation sites (tertiary alicyclic amines) is 1. The van der Waals surface area contributed by atoms with Crippen LogP contribution in [0.3, 0.4) is 0 Å². The van der Waals surface area contributed by atoms with Gasteiger partial charge >= 0.3 is 12.1 Å². The molecule has 2 aromatic carbocycles.